The van der Waals surface area contributed by atoms with Crippen LogP contribution in [0.2, 0.25) is 0 Å². The summed E-state index contributed by atoms with van der Waals surface area (Å²) in [7, 11) is 3.54. The molecule has 0 bridgehead atoms. The molecule has 1 aliphatic carbocycles. The van der Waals surface area contributed by atoms with E-state index in [0.717, 1.165) is 66.8 Å². The monoisotopic (exact) mass is 503 g/mol. The average Bonchev–Trinajstić information content (AvgIpc) is 3.20. The van der Waals surface area contributed by atoms with Gasteiger partial charge < -0.3 is 14.2 Å². The number of thioether (sulfide) groups is 1. The van der Waals surface area contributed by atoms with Crippen LogP contribution < -0.4 is 4.74 Å². The molecule has 2 atom stereocenters. The number of pyridine rings is 1. The normalized spacial score (nSPS) is 22.1. The lowest BCUT2D eigenvalue weighted by molar-refractivity contribution is -0.137. The fourth-order valence-electron chi connectivity index (χ4n) is 5.20. The first-order valence-electron chi connectivity index (χ1n) is 11.7. The first-order chi connectivity index (χ1) is 16.8. The summed E-state index contributed by atoms with van der Waals surface area (Å²) >= 11 is 1.69. The van der Waals surface area contributed by atoms with E-state index in [-0.39, 0.29) is 5.41 Å². The molecule has 1 spiro atoms. The molecule has 186 valence electrons. The summed E-state index contributed by atoms with van der Waals surface area (Å²) in [5.74, 6) is 2.56. The number of alkyl halides is 3. The summed E-state index contributed by atoms with van der Waals surface area (Å²) in [6.07, 6.45) is 0.628. The number of rotatable bonds is 8. The van der Waals surface area contributed by atoms with Crippen molar-refractivity contribution in [3.63, 3.8) is 0 Å². The van der Waals surface area contributed by atoms with Crippen molar-refractivity contribution in [1.82, 2.24) is 24.6 Å². The zero-order valence-corrected chi connectivity index (χ0v) is 20.6. The second kappa shape index (κ2) is 9.46. The standard InChI is InChI=1S/C25H28F3N5OS/c1-32-21(19-5-3-11-29-22(19)34-2)30-31-23(32)35-14-4-12-33-13-10-24(16-33)15-20(24)17-6-8-18(9-7-17)25(26,27)28/h3,5-9,11,20H,4,10,12-16H2,1-2H3. The molecule has 2 aliphatic rings. The van der Waals surface area contributed by atoms with Crippen LogP contribution in [0.3, 0.4) is 0 Å². The highest BCUT2D eigenvalue weighted by Crippen LogP contribution is 2.64. The minimum atomic E-state index is -4.28. The van der Waals surface area contributed by atoms with Crippen LogP contribution >= 0.6 is 11.8 Å². The van der Waals surface area contributed by atoms with Gasteiger partial charge in [-0.1, -0.05) is 23.9 Å². The van der Waals surface area contributed by atoms with Crippen LogP contribution in [0.5, 0.6) is 5.88 Å². The van der Waals surface area contributed by atoms with Crippen LogP contribution in [0, 0.1) is 5.41 Å². The minimum Gasteiger partial charge on any atom is -0.480 e. The average molecular weight is 504 g/mol. The maximum atomic E-state index is 12.8. The van der Waals surface area contributed by atoms with E-state index in [0.29, 0.717) is 11.8 Å². The first-order valence-corrected chi connectivity index (χ1v) is 12.7. The lowest BCUT2D eigenvalue weighted by atomic mass is 9.97. The van der Waals surface area contributed by atoms with Gasteiger partial charge in [-0.05, 0) is 73.5 Å². The Labute approximate surface area is 206 Å². The van der Waals surface area contributed by atoms with E-state index in [1.54, 1.807) is 37.2 Å². The van der Waals surface area contributed by atoms with Gasteiger partial charge in [0.15, 0.2) is 11.0 Å². The van der Waals surface area contributed by atoms with Crippen molar-refractivity contribution >= 4 is 11.8 Å². The van der Waals surface area contributed by atoms with Crippen molar-refractivity contribution in [2.45, 2.75) is 36.5 Å². The third kappa shape index (κ3) is 4.91. The van der Waals surface area contributed by atoms with E-state index < -0.39 is 11.7 Å². The third-order valence-corrected chi connectivity index (χ3v) is 8.29. The Hall–Kier alpha value is -2.59. The SMILES string of the molecule is COc1ncccc1-c1nnc(SCCCN2CCC3(CC3c3ccc(C(F)(F)F)cc3)C2)n1C. The molecular formula is C25H28F3N5OS. The molecule has 0 amide bonds. The van der Waals surface area contributed by atoms with Crippen molar-refractivity contribution in [2.75, 3.05) is 32.5 Å². The molecule has 10 heteroatoms. The second-order valence-electron chi connectivity index (χ2n) is 9.39. The fourth-order valence-corrected chi connectivity index (χ4v) is 6.03. The summed E-state index contributed by atoms with van der Waals surface area (Å²) in [6.45, 7) is 3.09. The number of methoxy groups -OCH3 is 1. The zero-order chi connectivity index (χ0) is 24.6. The molecule has 3 heterocycles. The van der Waals surface area contributed by atoms with Crippen LogP contribution in [0.4, 0.5) is 13.2 Å². The lowest BCUT2D eigenvalue weighted by Gasteiger charge is -2.16. The van der Waals surface area contributed by atoms with Crippen LogP contribution in [0.15, 0.2) is 47.8 Å². The van der Waals surface area contributed by atoms with Crippen LogP contribution in [0.1, 0.15) is 36.3 Å². The van der Waals surface area contributed by atoms with E-state index in [4.69, 9.17) is 4.74 Å². The number of hydrogen-bond acceptors (Lipinski definition) is 6. The molecule has 6 nitrogen and oxygen atoms in total. The van der Waals surface area contributed by atoms with Gasteiger partial charge >= 0.3 is 6.18 Å². The van der Waals surface area contributed by atoms with Crippen molar-refractivity contribution in [1.29, 1.82) is 0 Å². The third-order valence-electron chi connectivity index (χ3n) is 7.18. The van der Waals surface area contributed by atoms with E-state index in [1.165, 1.54) is 12.1 Å². The van der Waals surface area contributed by atoms with E-state index in [2.05, 4.69) is 20.1 Å². The van der Waals surface area contributed by atoms with Gasteiger partial charge in [0.25, 0.3) is 0 Å². The summed E-state index contributed by atoms with van der Waals surface area (Å²) in [5.41, 5.74) is 1.52. The molecule has 2 unspecified atom stereocenters. The molecule has 1 saturated heterocycles. The van der Waals surface area contributed by atoms with Gasteiger partial charge in [-0.3, -0.25) is 0 Å². The minimum absolute atomic E-state index is 0.244. The Morgan fingerprint density at radius 2 is 1.97 bits per heavy atom. The molecule has 1 aromatic carbocycles. The number of benzene rings is 1. The molecule has 3 aromatic rings. The van der Waals surface area contributed by atoms with Crippen molar-refractivity contribution in [3.05, 3.63) is 53.7 Å². The largest absolute Gasteiger partial charge is 0.480 e. The van der Waals surface area contributed by atoms with Gasteiger partial charge in [0.2, 0.25) is 5.88 Å². The number of likely N-dealkylation sites (tertiary alicyclic amines) is 1. The summed E-state index contributed by atoms with van der Waals surface area (Å²) in [5, 5.41) is 9.53. The molecule has 1 saturated carbocycles. The summed E-state index contributed by atoms with van der Waals surface area (Å²) in [6, 6.07) is 9.53. The van der Waals surface area contributed by atoms with Crippen LogP contribution in [0.25, 0.3) is 11.4 Å². The quantitative estimate of drug-likeness (QED) is 0.309. The molecule has 2 fully saturated rings. The van der Waals surface area contributed by atoms with Gasteiger partial charge in [0.1, 0.15) is 0 Å². The van der Waals surface area contributed by atoms with Crippen molar-refractivity contribution in [2.24, 2.45) is 12.5 Å². The van der Waals surface area contributed by atoms with Crippen molar-refractivity contribution < 1.29 is 17.9 Å². The number of ether oxygens (including phenoxy) is 1. The molecule has 2 aromatic heterocycles. The van der Waals surface area contributed by atoms with Gasteiger partial charge in [-0.15, -0.1) is 10.2 Å². The van der Waals surface area contributed by atoms with Gasteiger partial charge in [0, 0.05) is 25.5 Å². The molecule has 5 rings (SSSR count). The topological polar surface area (TPSA) is 56.1 Å². The highest BCUT2D eigenvalue weighted by atomic mass is 32.2. The molecule has 35 heavy (non-hydrogen) atoms. The highest BCUT2D eigenvalue weighted by molar-refractivity contribution is 7.99. The fraction of sp³-hybridized carbons (Fsp3) is 0.480. The zero-order valence-electron chi connectivity index (χ0n) is 19.8. The van der Waals surface area contributed by atoms with E-state index in [9.17, 15) is 13.2 Å². The number of hydrogen-bond donors (Lipinski definition) is 0. The molecule has 0 radical (unpaired) electrons. The van der Waals surface area contributed by atoms with Gasteiger partial charge in [-0.25, -0.2) is 4.98 Å². The predicted molar refractivity (Wildman–Crippen MR) is 128 cm³/mol. The molecule has 1 aliphatic heterocycles. The summed E-state index contributed by atoms with van der Waals surface area (Å²) in [4.78, 5) is 6.73. The Morgan fingerprint density at radius 1 is 1.17 bits per heavy atom. The smallest absolute Gasteiger partial charge is 0.416 e. The first kappa shape index (κ1) is 24.1. The maximum absolute atomic E-state index is 12.8. The van der Waals surface area contributed by atoms with Gasteiger partial charge in [-0.2, -0.15) is 13.2 Å². The van der Waals surface area contributed by atoms with Crippen molar-refractivity contribution in [3.8, 4) is 17.3 Å². The summed E-state index contributed by atoms with van der Waals surface area (Å²) < 4.78 is 45.8. The van der Waals surface area contributed by atoms with Gasteiger partial charge in [0.05, 0.1) is 18.2 Å². The highest BCUT2D eigenvalue weighted by Gasteiger charge is 2.57. The Balaban J connectivity index is 1.10. The Kier molecular flexibility index (Phi) is 6.52. The molecule has 0 N–H and O–H groups in total. The number of aromatic nitrogens is 4. The van der Waals surface area contributed by atoms with Crippen LogP contribution in [-0.2, 0) is 13.2 Å². The van der Waals surface area contributed by atoms with Crippen LogP contribution in [-0.4, -0.2) is 57.1 Å². The van der Waals surface area contributed by atoms with E-state index >= 15 is 0 Å². The Bertz CT molecular complexity index is 1180. The number of nitrogens with zero attached hydrogens (tertiary/aromatic N) is 5. The predicted octanol–water partition coefficient (Wildman–Crippen LogP) is 5.27. The number of halogens is 3. The Morgan fingerprint density at radius 3 is 2.71 bits per heavy atom. The maximum Gasteiger partial charge on any atom is 0.416 e. The second-order valence-corrected chi connectivity index (χ2v) is 10.5. The van der Waals surface area contributed by atoms with E-state index in [1.807, 2.05) is 23.7 Å². The lowest BCUT2D eigenvalue weighted by Crippen LogP contribution is -2.23. The molecular weight excluding hydrogens is 475 g/mol.